The topological polar surface area (TPSA) is 12.5 Å². The number of benzene rings is 1. The number of rotatable bonds is 7. The standard InChI is InChI=1S/C15H24ClNO/c1-5-17(6-2)11-14(16)13-10-12(4)8-9-15(13)18-7-3/h8-10,14H,5-7,11H2,1-4H3. The van der Waals surface area contributed by atoms with Gasteiger partial charge in [-0.15, -0.1) is 11.6 Å². The zero-order chi connectivity index (χ0) is 13.5. The van der Waals surface area contributed by atoms with E-state index in [0.29, 0.717) is 6.61 Å². The lowest BCUT2D eigenvalue weighted by Crippen LogP contribution is -2.26. The molecular weight excluding hydrogens is 246 g/mol. The van der Waals surface area contributed by atoms with Gasteiger partial charge in [-0.3, -0.25) is 0 Å². The number of hydrogen-bond donors (Lipinski definition) is 0. The summed E-state index contributed by atoms with van der Waals surface area (Å²) in [4.78, 5) is 2.33. The Morgan fingerprint density at radius 1 is 1.22 bits per heavy atom. The van der Waals surface area contributed by atoms with Crippen LogP contribution in [-0.2, 0) is 0 Å². The average Bonchev–Trinajstić information content (AvgIpc) is 2.38. The van der Waals surface area contributed by atoms with Crippen LogP contribution in [0.3, 0.4) is 0 Å². The molecule has 0 heterocycles. The second-order valence-corrected chi connectivity index (χ2v) is 4.95. The summed E-state index contributed by atoms with van der Waals surface area (Å²) < 4.78 is 5.66. The summed E-state index contributed by atoms with van der Waals surface area (Å²) in [5.74, 6) is 0.912. The van der Waals surface area contributed by atoms with Gasteiger partial charge in [-0.25, -0.2) is 0 Å². The van der Waals surface area contributed by atoms with Gasteiger partial charge in [0.05, 0.1) is 12.0 Å². The van der Waals surface area contributed by atoms with Gasteiger partial charge in [-0.05, 0) is 33.0 Å². The van der Waals surface area contributed by atoms with Gasteiger partial charge >= 0.3 is 0 Å². The monoisotopic (exact) mass is 269 g/mol. The van der Waals surface area contributed by atoms with Gasteiger partial charge in [0.1, 0.15) is 5.75 Å². The van der Waals surface area contributed by atoms with E-state index in [1.165, 1.54) is 5.56 Å². The van der Waals surface area contributed by atoms with Crippen molar-refractivity contribution in [2.75, 3.05) is 26.2 Å². The maximum Gasteiger partial charge on any atom is 0.124 e. The van der Waals surface area contributed by atoms with Crippen molar-refractivity contribution in [3.8, 4) is 5.75 Å². The van der Waals surface area contributed by atoms with Crippen LogP contribution in [-0.4, -0.2) is 31.1 Å². The number of halogens is 1. The van der Waals surface area contributed by atoms with Crippen molar-refractivity contribution >= 4 is 11.6 Å². The third-order valence-corrected chi connectivity index (χ3v) is 3.49. The molecule has 0 saturated carbocycles. The fraction of sp³-hybridized carbons (Fsp3) is 0.600. The van der Waals surface area contributed by atoms with Crippen molar-refractivity contribution in [2.24, 2.45) is 0 Å². The number of likely N-dealkylation sites (N-methyl/N-ethyl adjacent to an activating group) is 1. The molecule has 1 rings (SSSR count). The Morgan fingerprint density at radius 2 is 1.89 bits per heavy atom. The van der Waals surface area contributed by atoms with E-state index >= 15 is 0 Å². The highest BCUT2D eigenvalue weighted by Crippen LogP contribution is 2.31. The van der Waals surface area contributed by atoms with Crippen molar-refractivity contribution in [1.82, 2.24) is 4.90 Å². The minimum atomic E-state index is -0.0219. The molecule has 0 amide bonds. The number of alkyl halides is 1. The van der Waals surface area contributed by atoms with E-state index < -0.39 is 0 Å². The summed E-state index contributed by atoms with van der Waals surface area (Å²) in [6.07, 6.45) is 0. The van der Waals surface area contributed by atoms with E-state index in [9.17, 15) is 0 Å². The largest absolute Gasteiger partial charge is 0.494 e. The van der Waals surface area contributed by atoms with Gasteiger partial charge in [0.15, 0.2) is 0 Å². The van der Waals surface area contributed by atoms with Crippen LogP contribution >= 0.6 is 11.6 Å². The Kier molecular flexibility index (Phi) is 6.51. The number of ether oxygens (including phenoxy) is 1. The lowest BCUT2D eigenvalue weighted by Gasteiger charge is -2.23. The van der Waals surface area contributed by atoms with E-state index in [2.05, 4.69) is 37.8 Å². The summed E-state index contributed by atoms with van der Waals surface area (Å²) in [6.45, 7) is 12.0. The molecule has 0 spiro atoms. The molecular formula is C15H24ClNO. The highest BCUT2D eigenvalue weighted by molar-refractivity contribution is 6.21. The highest BCUT2D eigenvalue weighted by atomic mass is 35.5. The summed E-state index contributed by atoms with van der Waals surface area (Å²) in [5.41, 5.74) is 2.32. The molecule has 0 bridgehead atoms. The molecule has 1 aromatic carbocycles. The Hall–Kier alpha value is -0.730. The van der Waals surface area contributed by atoms with E-state index in [1.54, 1.807) is 0 Å². The first-order valence-corrected chi connectivity index (χ1v) is 7.15. The van der Waals surface area contributed by atoms with E-state index in [0.717, 1.165) is 30.9 Å². The van der Waals surface area contributed by atoms with E-state index in [1.807, 2.05) is 13.0 Å². The molecule has 0 aliphatic rings. The molecule has 0 aromatic heterocycles. The van der Waals surface area contributed by atoms with Crippen LogP contribution in [0.1, 0.15) is 37.3 Å². The zero-order valence-corrected chi connectivity index (χ0v) is 12.6. The first kappa shape index (κ1) is 15.3. The van der Waals surface area contributed by atoms with Crippen molar-refractivity contribution in [1.29, 1.82) is 0 Å². The van der Waals surface area contributed by atoms with Crippen LogP contribution in [0.25, 0.3) is 0 Å². The maximum atomic E-state index is 6.55. The molecule has 0 saturated heterocycles. The van der Waals surface area contributed by atoms with Gasteiger partial charge in [0.2, 0.25) is 0 Å². The summed E-state index contributed by atoms with van der Waals surface area (Å²) in [6, 6.07) is 6.22. The summed E-state index contributed by atoms with van der Waals surface area (Å²) in [5, 5.41) is -0.0219. The molecule has 0 aliphatic carbocycles. The third kappa shape index (κ3) is 4.18. The predicted molar refractivity (Wildman–Crippen MR) is 78.7 cm³/mol. The van der Waals surface area contributed by atoms with Crippen LogP contribution in [0.2, 0.25) is 0 Å². The van der Waals surface area contributed by atoms with Crippen LogP contribution < -0.4 is 4.74 Å². The Morgan fingerprint density at radius 3 is 2.44 bits per heavy atom. The average molecular weight is 270 g/mol. The molecule has 0 aliphatic heterocycles. The first-order chi connectivity index (χ1) is 8.62. The number of nitrogens with zero attached hydrogens (tertiary/aromatic N) is 1. The van der Waals surface area contributed by atoms with Gasteiger partial charge in [0.25, 0.3) is 0 Å². The maximum absolute atomic E-state index is 6.55. The third-order valence-electron chi connectivity index (χ3n) is 3.12. The van der Waals surface area contributed by atoms with Crippen LogP contribution in [0, 0.1) is 6.92 Å². The van der Waals surface area contributed by atoms with E-state index in [-0.39, 0.29) is 5.38 Å². The van der Waals surface area contributed by atoms with Crippen LogP contribution in [0.15, 0.2) is 18.2 Å². The van der Waals surface area contributed by atoms with E-state index in [4.69, 9.17) is 16.3 Å². The Balaban J connectivity index is 2.88. The predicted octanol–water partition coefficient (Wildman–Crippen LogP) is 4.02. The molecule has 1 aromatic rings. The molecule has 102 valence electrons. The van der Waals surface area contributed by atoms with Crippen molar-refractivity contribution < 1.29 is 4.74 Å². The second-order valence-electron chi connectivity index (χ2n) is 4.43. The molecule has 0 radical (unpaired) electrons. The fourth-order valence-electron chi connectivity index (χ4n) is 2.01. The van der Waals surface area contributed by atoms with Gasteiger partial charge in [-0.2, -0.15) is 0 Å². The molecule has 0 N–H and O–H groups in total. The lowest BCUT2D eigenvalue weighted by atomic mass is 10.1. The minimum Gasteiger partial charge on any atom is -0.494 e. The first-order valence-electron chi connectivity index (χ1n) is 6.72. The number of hydrogen-bond acceptors (Lipinski definition) is 2. The SMILES string of the molecule is CCOc1ccc(C)cc1C(Cl)CN(CC)CC. The Bertz CT molecular complexity index is 364. The molecule has 1 atom stereocenters. The quantitative estimate of drug-likeness (QED) is 0.694. The smallest absolute Gasteiger partial charge is 0.124 e. The Labute approximate surface area is 116 Å². The zero-order valence-electron chi connectivity index (χ0n) is 11.9. The molecule has 1 unspecified atom stereocenters. The van der Waals surface area contributed by atoms with Crippen LogP contribution in [0.5, 0.6) is 5.75 Å². The molecule has 18 heavy (non-hydrogen) atoms. The molecule has 2 nitrogen and oxygen atoms in total. The van der Waals surface area contributed by atoms with Gasteiger partial charge in [0, 0.05) is 12.1 Å². The molecule has 3 heteroatoms. The van der Waals surface area contributed by atoms with Gasteiger partial charge in [-0.1, -0.05) is 31.5 Å². The fourth-order valence-corrected chi connectivity index (χ4v) is 2.37. The molecule has 0 fully saturated rings. The highest BCUT2D eigenvalue weighted by Gasteiger charge is 2.16. The van der Waals surface area contributed by atoms with Gasteiger partial charge < -0.3 is 9.64 Å². The van der Waals surface area contributed by atoms with Crippen molar-refractivity contribution in [3.63, 3.8) is 0 Å². The van der Waals surface area contributed by atoms with Crippen molar-refractivity contribution in [3.05, 3.63) is 29.3 Å². The minimum absolute atomic E-state index is 0.0219. The summed E-state index contributed by atoms with van der Waals surface area (Å²) in [7, 11) is 0. The van der Waals surface area contributed by atoms with Crippen molar-refractivity contribution in [2.45, 2.75) is 33.1 Å². The normalized spacial score (nSPS) is 12.8. The summed E-state index contributed by atoms with van der Waals surface area (Å²) >= 11 is 6.55. The second kappa shape index (κ2) is 7.65. The van der Waals surface area contributed by atoms with Crippen LogP contribution in [0.4, 0.5) is 0 Å². The number of aryl methyl sites for hydroxylation is 1. The lowest BCUT2D eigenvalue weighted by molar-refractivity contribution is 0.298.